The van der Waals surface area contributed by atoms with Crippen LogP contribution >= 0.6 is 0 Å². The number of nitrogens with zero attached hydrogens (tertiary/aromatic N) is 2. The number of amides is 1. The van der Waals surface area contributed by atoms with Gasteiger partial charge in [0.2, 0.25) is 5.91 Å². The van der Waals surface area contributed by atoms with E-state index in [9.17, 15) is 10.0 Å². The topological polar surface area (TPSA) is 84.2 Å². The maximum absolute atomic E-state index is 11.2. The molecular formula is C17H14N4O2. The number of benzene rings is 1. The number of hydrogen-bond acceptors (Lipinski definition) is 3. The Morgan fingerprint density at radius 3 is 2.61 bits per heavy atom. The van der Waals surface area contributed by atoms with Crippen molar-refractivity contribution in [1.29, 1.82) is 0 Å². The lowest BCUT2D eigenvalue weighted by Crippen LogP contribution is -2.25. The first kappa shape index (κ1) is 13.5. The largest absolute Gasteiger partial charge is 0.619 e. The number of hydrogen-bond donors (Lipinski definition) is 2. The van der Waals surface area contributed by atoms with Gasteiger partial charge in [0.25, 0.3) is 0 Å². The van der Waals surface area contributed by atoms with Crippen molar-refractivity contribution in [3.63, 3.8) is 0 Å². The van der Waals surface area contributed by atoms with Gasteiger partial charge in [-0.05, 0) is 23.8 Å². The molecule has 114 valence electrons. The van der Waals surface area contributed by atoms with E-state index in [1.807, 2.05) is 18.2 Å². The highest BCUT2D eigenvalue weighted by Crippen LogP contribution is 2.25. The molecule has 1 amide bonds. The first-order chi connectivity index (χ1) is 11.2. The Balaban J connectivity index is 1.72. The number of pyridine rings is 1. The third-order valence-electron chi connectivity index (χ3n) is 3.97. The SMILES string of the molecule is O=C1CCC(c2ccc3[nH]c(-c4cc[n+]([O-])cc4)cc3c2)=NN1. The van der Waals surface area contributed by atoms with E-state index in [1.165, 1.54) is 12.4 Å². The Morgan fingerprint density at radius 2 is 1.87 bits per heavy atom. The Bertz CT molecular complexity index is 925. The number of carbonyl (C=O) groups is 1. The monoisotopic (exact) mass is 306 g/mol. The Hall–Kier alpha value is -3.15. The van der Waals surface area contributed by atoms with E-state index in [0.717, 1.165) is 38.2 Å². The zero-order valence-corrected chi connectivity index (χ0v) is 12.2. The maximum atomic E-state index is 11.2. The van der Waals surface area contributed by atoms with E-state index in [-0.39, 0.29) is 5.91 Å². The number of fused-ring (bicyclic) bond motifs is 1. The van der Waals surface area contributed by atoms with Crippen LogP contribution in [0.1, 0.15) is 18.4 Å². The van der Waals surface area contributed by atoms with Gasteiger partial charge < -0.3 is 10.2 Å². The predicted octanol–water partition coefficient (Wildman–Crippen LogP) is 2.08. The van der Waals surface area contributed by atoms with E-state index < -0.39 is 0 Å². The lowest BCUT2D eigenvalue weighted by Gasteiger charge is -2.11. The fourth-order valence-corrected chi connectivity index (χ4v) is 2.74. The third-order valence-corrected chi connectivity index (χ3v) is 3.97. The number of rotatable bonds is 2. The van der Waals surface area contributed by atoms with Crippen LogP contribution in [0.25, 0.3) is 22.2 Å². The molecule has 0 saturated heterocycles. The molecule has 23 heavy (non-hydrogen) atoms. The highest BCUT2D eigenvalue weighted by Gasteiger charge is 2.14. The molecular weight excluding hydrogens is 292 g/mol. The van der Waals surface area contributed by atoms with Crippen molar-refractivity contribution >= 4 is 22.5 Å². The Labute approximate surface area is 132 Å². The molecule has 1 aliphatic heterocycles. The third kappa shape index (κ3) is 2.55. The predicted molar refractivity (Wildman–Crippen MR) is 86.6 cm³/mol. The number of H-pyrrole nitrogens is 1. The van der Waals surface area contributed by atoms with Crippen LogP contribution in [0.4, 0.5) is 0 Å². The van der Waals surface area contributed by atoms with Crippen molar-refractivity contribution in [3.8, 4) is 11.3 Å². The molecule has 3 heterocycles. The molecule has 1 aromatic carbocycles. The fourth-order valence-electron chi connectivity index (χ4n) is 2.74. The summed E-state index contributed by atoms with van der Waals surface area (Å²) in [4.78, 5) is 14.5. The van der Waals surface area contributed by atoms with Gasteiger partial charge in [-0.3, -0.25) is 4.79 Å². The summed E-state index contributed by atoms with van der Waals surface area (Å²) in [6.07, 6.45) is 4.07. The van der Waals surface area contributed by atoms with Crippen LogP contribution in [0.2, 0.25) is 0 Å². The average molecular weight is 306 g/mol. The second-order valence-corrected chi connectivity index (χ2v) is 5.53. The number of carbonyl (C=O) groups excluding carboxylic acids is 1. The van der Waals surface area contributed by atoms with Gasteiger partial charge >= 0.3 is 0 Å². The van der Waals surface area contributed by atoms with Crippen LogP contribution in [0.5, 0.6) is 0 Å². The molecule has 0 atom stereocenters. The molecule has 2 aromatic heterocycles. The molecule has 0 unspecified atom stereocenters. The van der Waals surface area contributed by atoms with Gasteiger partial charge in [0.05, 0.1) is 5.71 Å². The smallest absolute Gasteiger partial charge is 0.240 e. The fraction of sp³-hybridized carbons (Fsp3) is 0.118. The maximum Gasteiger partial charge on any atom is 0.240 e. The van der Waals surface area contributed by atoms with Crippen molar-refractivity contribution < 1.29 is 9.52 Å². The molecule has 0 spiro atoms. The molecule has 0 bridgehead atoms. The number of nitrogens with one attached hydrogen (secondary N) is 2. The summed E-state index contributed by atoms with van der Waals surface area (Å²) in [5.41, 5.74) is 7.35. The van der Waals surface area contributed by atoms with Crippen molar-refractivity contribution in [3.05, 3.63) is 59.6 Å². The van der Waals surface area contributed by atoms with Gasteiger partial charge in [0, 0.05) is 47.1 Å². The van der Waals surface area contributed by atoms with Crippen LogP contribution in [0.15, 0.2) is 53.9 Å². The standard InChI is InChI=1S/C17H14N4O2/c22-17-4-3-15(19-20-17)12-1-2-14-13(9-12)10-16(18-14)11-5-7-21(23)8-6-11/h1-2,5-10,18H,3-4H2,(H,20,22). The van der Waals surface area contributed by atoms with Crippen molar-refractivity contribution in [2.75, 3.05) is 0 Å². The molecule has 6 nitrogen and oxygen atoms in total. The van der Waals surface area contributed by atoms with Crippen molar-refractivity contribution in [1.82, 2.24) is 10.4 Å². The minimum atomic E-state index is -0.0431. The highest BCUT2D eigenvalue weighted by atomic mass is 16.5. The summed E-state index contributed by atoms with van der Waals surface area (Å²) < 4.78 is 0.764. The zero-order valence-electron chi connectivity index (χ0n) is 12.2. The Kier molecular flexibility index (Phi) is 3.08. The zero-order chi connectivity index (χ0) is 15.8. The van der Waals surface area contributed by atoms with E-state index in [0.29, 0.717) is 12.8 Å². The van der Waals surface area contributed by atoms with Gasteiger partial charge in [0.15, 0.2) is 12.4 Å². The number of aromatic amines is 1. The molecule has 0 radical (unpaired) electrons. The summed E-state index contributed by atoms with van der Waals surface area (Å²) in [5.74, 6) is -0.0431. The highest BCUT2D eigenvalue weighted by molar-refractivity contribution is 6.06. The summed E-state index contributed by atoms with van der Waals surface area (Å²) in [6, 6.07) is 11.7. The number of aromatic nitrogens is 2. The first-order valence-corrected chi connectivity index (χ1v) is 7.37. The van der Waals surface area contributed by atoms with Crippen LogP contribution in [0.3, 0.4) is 0 Å². The minimum Gasteiger partial charge on any atom is -0.619 e. The molecule has 4 rings (SSSR count). The lowest BCUT2D eigenvalue weighted by molar-refractivity contribution is -0.605. The van der Waals surface area contributed by atoms with Crippen LogP contribution in [0, 0.1) is 5.21 Å². The second kappa shape index (κ2) is 5.24. The Morgan fingerprint density at radius 1 is 1.04 bits per heavy atom. The van der Waals surface area contributed by atoms with E-state index in [2.05, 4.69) is 21.6 Å². The van der Waals surface area contributed by atoms with Crippen LogP contribution in [-0.4, -0.2) is 16.6 Å². The quantitative estimate of drug-likeness (QED) is 0.561. The van der Waals surface area contributed by atoms with E-state index >= 15 is 0 Å². The molecule has 2 N–H and O–H groups in total. The van der Waals surface area contributed by atoms with Crippen LogP contribution in [-0.2, 0) is 4.79 Å². The van der Waals surface area contributed by atoms with Gasteiger partial charge in [-0.2, -0.15) is 9.83 Å². The normalized spacial score (nSPS) is 14.6. The summed E-state index contributed by atoms with van der Waals surface area (Å²) in [5, 5.41) is 16.3. The molecule has 1 aliphatic rings. The van der Waals surface area contributed by atoms with Crippen LogP contribution < -0.4 is 10.2 Å². The lowest BCUT2D eigenvalue weighted by atomic mass is 10.0. The summed E-state index contributed by atoms with van der Waals surface area (Å²) in [6.45, 7) is 0. The average Bonchev–Trinajstić information content (AvgIpc) is 2.99. The van der Waals surface area contributed by atoms with Crippen molar-refractivity contribution in [2.24, 2.45) is 5.10 Å². The summed E-state index contributed by atoms with van der Waals surface area (Å²) >= 11 is 0. The molecule has 0 aliphatic carbocycles. The van der Waals surface area contributed by atoms with Gasteiger partial charge in [0.1, 0.15) is 0 Å². The minimum absolute atomic E-state index is 0.0431. The first-order valence-electron chi connectivity index (χ1n) is 7.37. The molecule has 0 saturated carbocycles. The molecule has 3 aromatic rings. The molecule has 0 fully saturated rings. The van der Waals surface area contributed by atoms with Crippen molar-refractivity contribution in [2.45, 2.75) is 12.8 Å². The van der Waals surface area contributed by atoms with Gasteiger partial charge in [-0.15, -0.1) is 0 Å². The van der Waals surface area contributed by atoms with E-state index in [1.54, 1.807) is 12.1 Å². The van der Waals surface area contributed by atoms with Gasteiger partial charge in [-0.25, -0.2) is 5.43 Å². The summed E-state index contributed by atoms with van der Waals surface area (Å²) in [7, 11) is 0. The van der Waals surface area contributed by atoms with E-state index in [4.69, 9.17) is 0 Å². The molecule has 6 heteroatoms. The second-order valence-electron chi connectivity index (χ2n) is 5.53. The van der Waals surface area contributed by atoms with Gasteiger partial charge in [-0.1, -0.05) is 6.07 Å². The number of hydrazone groups is 1.